The van der Waals surface area contributed by atoms with Crippen LogP contribution in [0.4, 0.5) is 0 Å². The molecule has 7 heteroatoms. The van der Waals surface area contributed by atoms with E-state index in [1.165, 1.54) is 0 Å². The zero-order valence-corrected chi connectivity index (χ0v) is 17.1. The van der Waals surface area contributed by atoms with Crippen molar-refractivity contribution >= 4 is 5.91 Å². The van der Waals surface area contributed by atoms with E-state index in [-0.39, 0.29) is 11.8 Å². The van der Waals surface area contributed by atoms with Gasteiger partial charge in [-0.2, -0.15) is 4.98 Å². The summed E-state index contributed by atoms with van der Waals surface area (Å²) in [6.45, 7) is 8.93. The zero-order chi connectivity index (χ0) is 20.2. The lowest BCUT2D eigenvalue weighted by molar-refractivity contribution is -0.121. The van der Waals surface area contributed by atoms with Crippen molar-refractivity contribution in [1.29, 1.82) is 0 Å². The molecule has 0 aliphatic rings. The fraction of sp³-hybridized carbons (Fsp3) is 0.571. The molecule has 0 saturated heterocycles. The van der Waals surface area contributed by atoms with E-state index < -0.39 is 0 Å². The van der Waals surface area contributed by atoms with Crippen LogP contribution in [0.2, 0.25) is 0 Å². The largest absolute Gasteiger partial charge is 0.379 e. The van der Waals surface area contributed by atoms with Gasteiger partial charge in [0.2, 0.25) is 11.8 Å². The second-order valence-corrected chi connectivity index (χ2v) is 6.90. The normalized spacial score (nSPS) is 11.1. The molecule has 2 aromatic rings. The molecular formula is C21H31N3O4. The Balaban J connectivity index is 1.65. The van der Waals surface area contributed by atoms with Gasteiger partial charge in [0.15, 0.2) is 5.82 Å². The number of benzene rings is 1. The summed E-state index contributed by atoms with van der Waals surface area (Å²) in [5, 5.41) is 6.88. The van der Waals surface area contributed by atoms with Crippen LogP contribution in [0.5, 0.6) is 0 Å². The van der Waals surface area contributed by atoms with Gasteiger partial charge < -0.3 is 19.3 Å². The van der Waals surface area contributed by atoms with Crippen LogP contribution in [0.25, 0.3) is 0 Å². The van der Waals surface area contributed by atoms with Gasteiger partial charge in [0, 0.05) is 31.9 Å². The number of aryl methyl sites for hydroxylation is 1. The van der Waals surface area contributed by atoms with Crippen molar-refractivity contribution in [1.82, 2.24) is 15.5 Å². The van der Waals surface area contributed by atoms with Gasteiger partial charge in [-0.15, -0.1) is 0 Å². The highest BCUT2D eigenvalue weighted by Gasteiger charge is 2.10. The van der Waals surface area contributed by atoms with Gasteiger partial charge in [-0.25, -0.2) is 0 Å². The molecule has 0 atom stereocenters. The van der Waals surface area contributed by atoms with E-state index in [2.05, 4.69) is 15.5 Å². The number of carbonyl (C=O) groups excluding carboxylic acids is 1. The first kappa shape index (κ1) is 22.0. The van der Waals surface area contributed by atoms with E-state index in [4.69, 9.17) is 14.0 Å². The van der Waals surface area contributed by atoms with Crippen molar-refractivity contribution in [2.24, 2.45) is 0 Å². The van der Waals surface area contributed by atoms with E-state index >= 15 is 0 Å². The van der Waals surface area contributed by atoms with E-state index in [9.17, 15) is 4.79 Å². The molecule has 0 saturated carbocycles. The smallest absolute Gasteiger partial charge is 0.226 e. The average molecular weight is 389 g/mol. The van der Waals surface area contributed by atoms with Crippen molar-refractivity contribution in [2.75, 3.05) is 19.8 Å². The van der Waals surface area contributed by atoms with Gasteiger partial charge in [-0.05, 0) is 24.5 Å². The molecule has 2 rings (SSSR count). The summed E-state index contributed by atoms with van der Waals surface area (Å²) < 4.78 is 16.0. The molecule has 154 valence electrons. The third-order valence-corrected chi connectivity index (χ3v) is 4.12. The lowest BCUT2D eigenvalue weighted by Crippen LogP contribution is -2.22. The fourth-order valence-electron chi connectivity index (χ4n) is 2.57. The number of carbonyl (C=O) groups is 1. The molecule has 0 aliphatic heterocycles. The van der Waals surface area contributed by atoms with Crippen LogP contribution < -0.4 is 5.32 Å². The van der Waals surface area contributed by atoms with E-state index in [0.717, 1.165) is 11.1 Å². The van der Waals surface area contributed by atoms with E-state index in [1.54, 1.807) is 0 Å². The van der Waals surface area contributed by atoms with Crippen LogP contribution in [0.15, 0.2) is 28.8 Å². The molecule has 0 bridgehead atoms. The maximum Gasteiger partial charge on any atom is 0.226 e. The Morgan fingerprint density at radius 2 is 2.00 bits per heavy atom. The molecule has 0 spiro atoms. The summed E-state index contributed by atoms with van der Waals surface area (Å²) in [4.78, 5) is 16.4. The summed E-state index contributed by atoms with van der Waals surface area (Å²) in [7, 11) is 0. The van der Waals surface area contributed by atoms with Crippen molar-refractivity contribution < 1.29 is 18.8 Å². The quantitative estimate of drug-likeness (QED) is 0.529. The molecule has 1 aromatic carbocycles. The molecule has 1 amide bonds. The van der Waals surface area contributed by atoms with Gasteiger partial charge in [0.05, 0.1) is 19.8 Å². The minimum absolute atomic E-state index is 0.0157. The molecule has 1 aromatic heterocycles. The molecule has 28 heavy (non-hydrogen) atoms. The number of ether oxygens (including phenoxy) is 2. The lowest BCUT2D eigenvalue weighted by atomic mass is 10.1. The Hall–Kier alpha value is -2.25. The third-order valence-electron chi connectivity index (χ3n) is 4.12. The summed E-state index contributed by atoms with van der Waals surface area (Å²) in [5.41, 5.74) is 2.14. The topological polar surface area (TPSA) is 86.5 Å². The van der Waals surface area contributed by atoms with E-state index in [0.29, 0.717) is 63.9 Å². The van der Waals surface area contributed by atoms with Gasteiger partial charge in [-0.1, -0.05) is 43.3 Å². The van der Waals surface area contributed by atoms with Crippen molar-refractivity contribution in [3.05, 3.63) is 47.1 Å². The maximum atomic E-state index is 12.1. The van der Waals surface area contributed by atoms with Crippen LogP contribution >= 0.6 is 0 Å². The minimum Gasteiger partial charge on any atom is -0.379 e. The van der Waals surface area contributed by atoms with Crippen LogP contribution in [0.3, 0.4) is 0 Å². The van der Waals surface area contributed by atoms with Crippen molar-refractivity contribution in [3.63, 3.8) is 0 Å². The van der Waals surface area contributed by atoms with E-state index in [1.807, 2.05) is 45.0 Å². The first-order chi connectivity index (χ1) is 13.6. The van der Waals surface area contributed by atoms with Crippen LogP contribution in [-0.4, -0.2) is 35.9 Å². The molecule has 0 unspecified atom stereocenters. The monoisotopic (exact) mass is 389 g/mol. The molecule has 1 heterocycles. The van der Waals surface area contributed by atoms with Crippen molar-refractivity contribution in [2.45, 2.75) is 59.1 Å². The SMILES string of the molecule is CCOCCOCc1cccc(CNC(=O)CCCc2nc(C(C)C)no2)c1. The Kier molecular flexibility index (Phi) is 9.65. The number of aromatic nitrogens is 2. The number of hydrogen-bond acceptors (Lipinski definition) is 6. The summed E-state index contributed by atoms with van der Waals surface area (Å²) >= 11 is 0. The number of hydrogen-bond donors (Lipinski definition) is 1. The van der Waals surface area contributed by atoms with Gasteiger partial charge in [0.25, 0.3) is 0 Å². The molecule has 0 aliphatic carbocycles. The second-order valence-electron chi connectivity index (χ2n) is 6.90. The number of rotatable bonds is 13. The maximum absolute atomic E-state index is 12.1. The third kappa shape index (κ3) is 8.19. The summed E-state index contributed by atoms with van der Waals surface area (Å²) in [6, 6.07) is 8.04. The van der Waals surface area contributed by atoms with Crippen LogP contribution in [0, 0.1) is 0 Å². The molecular weight excluding hydrogens is 358 g/mol. The predicted molar refractivity (Wildman–Crippen MR) is 106 cm³/mol. The Morgan fingerprint density at radius 3 is 2.75 bits per heavy atom. The summed E-state index contributed by atoms with van der Waals surface area (Å²) in [5.74, 6) is 1.56. The first-order valence-electron chi connectivity index (χ1n) is 9.91. The highest BCUT2D eigenvalue weighted by Crippen LogP contribution is 2.11. The zero-order valence-electron chi connectivity index (χ0n) is 17.1. The number of amides is 1. The lowest BCUT2D eigenvalue weighted by Gasteiger charge is -2.08. The Labute approximate surface area is 166 Å². The van der Waals surface area contributed by atoms with Crippen molar-refractivity contribution in [3.8, 4) is 0 Å². The number of nitrogens with one attached hydrogen (secondary N) is 1. The molecule has 0 fully saturated rings. The fourth-order valence-corrected chi connectivity index (χ4v) is 2.57. The minimum atomic E-state index is 0.0157. The first-order valence-corrected chi connectivity index (χ1v) is 9.91. The Morgan fingerprint density at radius 1 is 1.21 bits per heavy atom. The van der Waals surface area contributed by atoms with Gasteiger partial charge >= 0.3 is 0 Å². The molecule has 0 radical (unpaired) electrons. The second kappa shape index (κ2) is 12.3. The molecule has 1 N–H and O–H groups in total. The molecule has 7 nitrogen and oxygen atoms in total. The van der Waals surface area contributed by atoms with Gasteiger partial charge in [0.1, 0.15) is 0 Å². The predicted octanol–water partition coefficient (Wildman–Crippen LogP) is 3.39. The van der Waals surface area contributed by atoms with Crippen LogP contribution in [0.1, 0.15) is 62.4 Å². The van der Waals surface area contributed by atoms with Crippen LogP contribution in [-0.2, 0) is 33.8 Å². The number of nitrogens with zero attached hydrogens (tertiary/aromatic N) is 2. The highest BCUT2D eigenvalue weighted by atomic mass is 16.5. The van der Waals surface area contributed by atoms with Gasteiger partial charge in [-0.3, -0.25) is 4.79 Å². The Bertz CT molecular complexity index is 715. The average Bonchev–Trinajstić information content (AvgIpc) is 3.16. The highest BCUT2D eigenvalue weighted by molar-refractivity contribution is 5.75. The standard InChI is InChI=1S/C21H31N3O4/c1-4-26-11-12-27-15-18-8-5-7-17(13-18)14-22-19(25)9-6-10-20-23-21(16(2)3)24-28-20/h5,7-8,13,16H,4,6,9-12,14-15H2,1-3H3,(H,22,25). The summed E-state index contributed by atoms with van der Waals surface area (Å²) in [6.07, 6.45) is 1.72.